The molecule has 0 radical (unpaired) electrons. The topological polar surface area (TPSA) is 52.6 Å². The highest BCUT2D eigenvalue weighted by Gasteiger charge is 2.37. The molecule has 0 saturated heterocycles. The van der Waals surface area contributed by atoms with E-state index in [1.807, 2.05) is 6.92 Å². The number of carbonyl (C=O) groups is 2. The van der Waals surface area contributed by atoms with Gasteiger partial charge in [-0.1, -0.05) is 103 Å². The second kappa shape index (κ2) is 18.7. The van der Waals surface area contributed by atoms with E-state index in [0.717, 1.165) is 38.5 Å². The van der Waals surface area contributed by atoms with Crippen molar-refractivity contribution in [2.75, 3.05) is 13.2 Å². The van der Waals surface area contributed by atoms with Gasteiger partial charge in [-0.25, -0.2) is 0 Å². The minimum absolute atomic E-state index is 0.192. The van der Waals surface area contributed by atoms with E-state index in [2.05, 4.69) is 6.92 Å². The lowest BCUT2D eigenvalue weighted by atomic mass is 9.79. The molecule has 0 aromatic rings. The van der Waals surface area contributed by atoms with E-state index in [1.54, 1.807) is 0 Å². The molecule has 1 fully saturated rings. The lowest BCUT2D eigenvalue weighted by Gasteiger charge is -2.28. The van der Waals surface area contributed by atoms with Crippen LogP contribution in [-0.4, -0.2) is 25.2 Å². The van der Waals surface area contributed by atoms with Gasteiger partial charge in [-0.15, -0.1) is 0 Å². The quantitative estimate of drug-likeness (QED) is 0.170. The summed E-state index contributed by atoms with van der Waals surface area (Å²) >= 11 is 0. The Morgan fingerprint density at radius 1 is 0.600 bits per heavy atom. The van der Waals surface area contributed by atoms with Crippen LogP contribution in [0.1, 0.15) is 129 Å². The summed E-state index contributed by atoms with van der Waals surface area (Å²) in [5.41, 5.74) is 0. The smallest absolute Gasteiger partial charge is 0.309 e. The number of hydrogen-bond donors (Lipinski definition) is 0. The predicted molar refractivity (Wildman–Crippen MR) is 123 cm³/mol. The highest BCUT2D eigenvalue weighted by Crippen LogP contribution is 2.32. The standard InChI is InChI=1S/C26H48O4/c1-3-5-6-7-8-9-10-11-12-13-14-15-16-19-22-30-26(28)24-21-18-17-20-23(24)25(27)29-4-2/h23-24H,3-22H2,1-2H3. The third-order valence-corrected chi connectivity index (χ3v) is 6.40. The average Bonchev–Trinajstić information content (AvgIpc) is 2.76. The second-order valence-corrected chi connectivity index (χ2v) is 9.01. The molecule has 4 heteroatoms. The first-order valence-corrected chi connectivity index (χ1v) is 13.0. The summed E-state index contributed by atoms with van der Waals surface area (Å²) in [6.07, 6.45) is 21.9. The maximum absolute atomic E-state index is 12.4. The molecule has 0 heterocycles. The first-order chi connectivity index (χ1) is 14.7. The van der Waals surface area contributed by atoms with Gasteiger partial charge in [-0.3, -0.25) is 9.59 Å². The molecule has 1 aliphatic carbocycles. The van der Waals surface area contributed by atoms with E-state index >= 15 is 0 Å². The van der Waals surface area contributed by atoms with Gasteiger partial charge in [-0.2, -0.15) is 0 Å². The van der Waals surface area contributed by atoms with Crippen molar-refractivity contribution in [3.05, 3.63) is 0 Å². The summed E-state index contributed by atoms with van der Waals surface area (Å²) in [6, 6.07) is 0. The molecular formula is C26H48O4. The highest BCUT2D eigenvalue weighted by molar-refractivity contribution is 5.82. The summed E-state index contributed by atoms with van der Waals surface area (Å²) < 4.78 is 10.6. The van der Waals surface area contributed by atoms with Crippen molar-refractivity contribution in [2.45, 2.75) is 129 Å². The van der Waals surface area contributed by atoms with E-state index < -0.39 is 0 Å². The van der Waals surface area contributed by atoms with Crippen LogP contribution in [-0.2, 0) is 19.1 Å². The number of rotatable bonds is 18. The monoisotopic (exact) mass is 424 g/mol. The molecule has 0 aliphatic heterocycles. The maximum Gasteiger partial charge on any atom is 0.309 e. The van der Waals surface area contributed by atoms with Gasteiger partial charge in [-0.05, 0) is 26.2 Å². The maximum atomic E-state index is 12.4. The van der Waals surface area contributed by atoms with Crippen LogP contribution in [0.4, 0.5) is 0 Å². The second-order valence-electron chi connectivity index (χ2n) is 9.01. The zero-order valence-electron chi connectivity index (χ0n) is 19.9. The fraction of sp³-hybridized carbons (Fsp3) is 0.923. The molecule has 2 atom stereocenters. The summed E-state index contributed by atoms with van der Waals surface area (Å²) in [6.45, 7) is 4.94. The van der Waals surface area contributed by atoms with E-state index in [4.69, 9.17) is 9.47 Å². The molecule has 0 bridgehead atoms. The van der Waals surface area contributed by atoms with E-state index in [-0.39, 0.29) is 23.8 Å². The van der Waals surface area contributed by atoms with Crippen LogP contribution < -0.4 is 0 Å². The zero-order valence-corrected chi connectivity index (χ0v) is 19.9. The third kappa shape index (κ3) is 12.6. The van der Waals surface area contributed by atoms with Crippen LogP contribution in [0.2, 0.25) is 0 Å². The Balaban J connectivity index is 1.96. The molecule has 2 unspecified atom stereocenters. The Morgan fingerprint density at radius 2 is 1.00 bits per heavy atom. The molecule has 0 aromatic carbocycles. The van der Waals surface area contributed by atoms with Gasteiger partial charge in [0.2, 0.25) is 0 Å². The van der Waals surface area contributed by atoms with Crippen LogP contribution in [0.25, 0.3) is 0 Å². The van der Waals surface area contributed by atoms with Gasteiger partial charge < -0.3 is 9.47 Å². The molecule has 1 saturated carbocycles. The summed E-state index contributed by atoms with van der Waals surface area (Å²) in [5, 5.41) is 0. The van der Waals surface area contributed by atoms with Gasteiger partial charge in [0, 0.05) is 0 Å². The van der Waals surface area contributed by atoms with Gasteiger partial charge in [0.1, 0.15) is 0 Å². The Labute approximate surface area is 185 Å². The van der Waals surface area contributed by atoms with Crippen LogP contribution in [0, 0.1) is 11.8 Å². The first kappa shape index (κ1) is 27.0. The molecule has 1 aliphatic rings. The molecule has 0 N–H and O–H groups in total. The molecule has 0 aromatic heterocycles. The number of ether oxygens (including phenoxy) is 2. The largest absolute Gasteiger partial charge is 0.466 e. The lowest BCUT2D eigenvalue weighted by molar-refractivity contribution is -0.162. The third-order valence-electron chi connectivity index (χ3n) is 6.40. The molecule has 1 rings (SSSR count). The van der Waals surface area contributed by atoms with Crippen molar-refractivity contribution in [2.24, 2.45) is 11.8 Å². The number of hydrogen-bond acceptors (Lipinski definition) is 4. The number of unbranched alkanes of at least 4 members (excludes halogenated alkanes) is 13. The first-order valence-electron chi connectivity index (χ1n) is 13.0. The molecule has 0 spiro atoms. The normalized spacial score (nSPS) is 18.9. The van der Waals surface area contributed by atoms with Crippen molar-refractivity contribution in [1.29, 1.82) is 0 Å². The van der Waals surface area contributed by atoms with Crippen molar-refractivity contribution in [1.82, 2.24) is 0 Å². The summed E-state index contributed by atoms with van der Waals surface area (Å²) in [5.74, 6) is -1.02. The number of esters is 2. The fourth-order valence-corrected chi connectivity index (χ4v) is 4.52. The number of carbonyl (C=O) groups excluding carboxylic acids is 2. The van der Waals surface area contributed by atoms with Gasteiger partial charge in [0.05, 0.1) is 25.0 Å². The van der Waals surface area contributed by atoms with Crippen LogP contribution in [0.3, 0.4) is 0 Å². The lowest BCUT2D eigenvalue weighted by Crippen LogP contribution is -2.35. The van der Waals surface area contributed by atoms with Crippen molar-refractivity contribution in [3.8, 4) is 0 Å². The highest BCUT2D eigenvalue weighted by atomic mass is 16.5. The fourth-order valence-electron chi connectivity index (χ4n) is 4.52. The Morgan fingerprint density at radius 3 is 1.43 bits per heavy atom. The molecule has 30 heavy (non-hydrogen) atoms. The van der Waals surface area contributed by atoms with Crippen LogP contribution in [0.5, 0.6) is 0 Å². The van der Waals surface area contributed by atoms with Crippen molar-refractivity contribution in [3.63, 3.8) is 0 Å². The minimum atomic E-state index is -0.303. The molecule has 0 amide bonds. The Bertz CT molecular complexity index is 435. The molecule has 4 nitrogen and oxygen atoms in total. The van der Waals surface area contributed by atoms with Crippen molar-refractivity contribution < 1.29 is 19.1 Å². The van der Waals surface area contributed by atoms with Gasteiger partial charge in [0.15, 0.2) is 0 Å². The van der Waals surface area contributed by atoms with Crippen LogP contribution in [0.15, 0.2) is 0 Å². The summed E-state index contributed by atoms with van der Waals surface area (Å²) in [7, 11) is 0. The SMILES string of the molecule is CCCCCCCCCCCCCCCCOC(=O)C1CCCCC1C(=O)OCC. The average molecular weight is 425 g/mol. The Hall–Kier alpha value is -1.06. The predicted octanol–water partition coefficient (Wildman–Crippen LogP) is 7.38. The Kier molecular flexibility index (Phi) is 16.8. The van der Waals surface area contributed by atoms with E-state index in [9.17, 15) is 9.59 Å². The van der Waals surface area contributed by atoms with Crippen molar-refractivity contribution >= 4 is 11.9 Å². The molecular weight excluding hydrogens is 376 g/mol. The van der Waals surface area contributed by atoms with E-state index in [1.165, 1.54) is 77.0 Å². The van der Waals surface area contributed by atoms with Gasteiger partial charge in [0.25, 0.3) is 0 Å². The summed E-state index contributed by atoms with van der Waals surface area (Å²) in [4.78, 5) is 24.5. The van der Waals surface area contributed by atoms with Crippen LogP contribution >= 0.6 is 0 Å². The zero-order chi connectivity index (χ0) is 21.9. The minimum Gasteiger partial charge on any atom is -0.466 e. The molecule has 176 valence electrons. The van der Waals surface area contributed by atoms with E-state index in [0.29, 0.717) is 13.2 Å². The van der Waals surface area contributed by atoms with Gasteiger partial charge >= 0.3 is 11.9 Å².